The Morgan fingerprint density at radius 3 is 2.32 bits per heavy atom. The topological polar surface area (TPSA) is 84.2 Å². The van der Waals surface area contributed by atoms with Gasteiger partial charge in [0.05, 0.1) is 0 Å². The van der Waals surface area contributed by atoms with Crippen LogP contribution in [0.2, 0.25) is 0 Å². The van der Waals surface area contributed by atoms with Crippen molar-refractivity contribution in [3.63, 3.8) is 0 Å². The average molecular weight is 295 g/mol. The monoisotopic (exact) mass is 295 g/mol. The van der Waals surface area contributed by atoms with Gasteiger partial charge in [0.2, 0.25) is 5.91 Å². The quantitative estimate of drug-likeness (QED) is 0.740. The van der Waals surface area contributed by atoms with Gasteiger partial charge in [0.1, 0.15) is 0 Å². The maximum atomic E-state index is 11.7. The Labute approximate surface area is 128 Å². The van der Waals surface area contributed by atoms with E-state index in [-0.39, 0.29) is 5.91 Å². The van der Waals surface area contributed by atoms with Crippen LogP contribution >= 0.6 is 0 Å². The van der Waals surface area contributed by atoms with Gasteiger partial charge in [-0.25, -0.2) is 4.79 Å². The molecule has 0 aliphatic carbocycles. The number of benzene rings is 2. The van der Waals surface area contributed by atoms with E-state index < -0.39 is 6.03 Å². The Kier molecular flexibility index (Phi) is 5.31. The number of carbonyl (C=O) groups is 2. The number of nitrogens with two attached hydrogens (primary N) is 1. The zero-order valence-electron chi connectivity index (χ0n) is 12.0. The van der Waals surface area contributed by atoms with Crippen molar-refractivity contribution in [3.05, 3.63) is 71.8 Å². The van der Waals surface area contributed by atoms with Gasteiger partial charge in [-0.2, -0.15) is 0 Å². The predicted molar refractivity (Wildman–Crippen MR) is 87.0 cm³/mol. The van der Waals surface area contributed by atoms with Gasteiger partial charge in [-0.3, -0.25) is 4.79 Å². The normalized spacial score (nSPS) is 10.4. The Hall–Kier alpha value is -3.08. The molecular formula is C17H17N3O2. The van der Waals surface area contributed by atoms with Crippen LogP contribution in [0.3, 0.4) is 0 Å². The number of urea groups is 1. The molecule has 22 heavy (non-hydrogen) atoms. The fourth-order valence-corrected chi connectivity index (χ4v) is 1.83. The number of carbonyl (C=O) groups excluding carboxylic acids is 2. The van der Waals surface area contributed by atoms with Crippen LogP contribution in [-0.4, -0.2) is 11.9 Å². The SMILES string of the molecule is NC(=O)Nc1ccc(CNC(=O)/C=C/c2ccccc2)cc1. The molecule has 0 saturated carbocycles. The van der Waals surface area contributed by atoms with Gasteiger partial charge in [0.25, 0.3) is 0 Å². The molecule has 0 radical (unpaired) electrons. The van der Waals surface area contributed by atoms with Crippen LogP contribution in [0.4, 0.5) is 10.5 Å². The second-order valence-corrected chi connectivity index (χ2v) is 4.65. The second kappa shape index (κ2) is 7.64. The van der Waals surface area contributed by atoms with Gasteiger partial charge in [-0.05, 0) is 29.3 Å². The van der Waals surface area contributed by atoms with Crippen molar-refractivity contribution in [3.8, 4) is 0 Å². The van der Waals surface area contributed by atoms with Crippen LogP contribution in [0, 0.1) is 0 Å². The highest BCUT2D eigenvalue weighted by atomic mass is 16.2. The number of rotatable bonds is 5. The number of nitrogens with one attached hydrogen (secondary N) is 2. The Morgan fingerprint density at radius 1 is 1.00 bits per heavy atom. The van der Waals surface area contributed by atoms with Crippen molar-refractivity contribution >= 4 is 23.7 Å². The molecule has 2 rings (SSSR count). The summed E-state index contributed by atoms with van der Waals surface area (Å²) < 4.78 is 0. The van der Waals surface area contributed by atoms with Crippen molar-refractivity contribution in [2.75, 3.05) is 5.32 Å². The number of hydrogen-bond donors (Lipinski definition) is 3. The molecule has 2 aromatic carbocycles. The second-order valence-electron chi connectivity index (χ2n) is 4.65. The summed E-state index contributed by atoms with van der Waals surface area (Å²) in [4.78, 5) is 22.4. The zero-order chi connectivity index (χ0) is 15.8. The van der Waals surface area contributed by atoms with Gasteiger partial charge in [-0.15, -0.1) is 0 Å². The molecule has 0 saturated heterocycles. The molecule has 0 aliphatic heterocycles. The minimum Gasteiger partial charge on any atom is -0.351 e. The summed E-state index contributed by atoms with van der Waals surface area (Å²) in [6, 6.07) is 16.1. The van der Waals surface area contributed by atoms with Crippen LogP contribution in [0.5, 0.6) is 0 Å². The number of hydrogen-bond acceptors (Lipinski definition) is 2. The zero-order valence-corrected chi connectivity index (χ0v) is 12.0. The van der Waals surface area contributed by atoms with Crippen LogP contribution in [-0.2, 0) is 11.3 Å². The van der Waals surface area contributed by atoms with Crippen molar-refractivity contribution in [2.24, 2.45) is 5.73 Å². The average Bonchev–Trinajstić information content (AvgIpc) is 2.53. The molecule has 0 unspecified atom stereocenters. The highest BCUT2D eigenvalue weighted by Gasteiger charge is 1.99. The lowest BCUT2D eigenvalue weighted by Gasteiger charge is -2.05. The van der Waals surface area contributed by atoms with E-state index in [1.165, 1.54) is 6.08 Å². The van der Waals surface area contributed by atoms with Crippen molar-refractivity contribution in [2.45, 2.75) is 6.54 Å². The van der Waals surface area contributed by atoms with Crippen molar-refractivity contribution in [1.29, 1.82) is 0 Å². The minimum absolute atomic E-state index is 0.164. The van der Waals surface area contributed by atoms with Crippen molar-refractivity contribution in [1.82, 2.24) is 5.32 Å². The molecule has 0 atom stereocenters. The molecule has 2 aromatic rings. The third kappa shape index (κ3) is 5.13. The smallest absolute Gasteiger partial charge is 0.316 e. The van der Waals surface area contributed by atoms with E-state index in [4.69, 9.17) is 5.73 Å². The van der Waals surface area contributed by atoms with Crippen LogP contribution in [0.1, 0.15) is 11.1 Å². The van der Waals surface area contributed by atoms with E-state index in [9.17, 15) is 9.59 Å². The highest BCUT2D eigenvalue weighted by molar-refractivity contribution is 5.91. The van der Waals surface area contributed by atoms with Crippen LogP contribution < -0.4 is 16.4 Å². The summed E-state index contributed by atoms with van der Waals surface area (Å²) in [7, 11) is 0. The van der Waals surface area contributed by atoms with Gasteiger partial charge in [-0.1, -0.05) is 42.5 Å². The summed E-state index contributed by atoms with van der Waals surface area (Å²) >= 11 is 0. The molecular weight excluding hydrogens is 278 g/mol. The molecule has 0 aromatic heterocycles. The molecule has 0 bridgehead atoms. The van der Waals surface area contributed by atoms with E-state index in [0.717, 1.165) is 11.1 Å². The van der Waals surface area contributed by atoms with Gasteiger partial charge < -0.3 is 16.4 Å². The molecule has 5 nitrogen and oxygen atoms in total. The van der Waals surface area contributed by atoms with E-state index in [1.807, 2.05) is 42.5 Å². The lowest BCUT2D eigenvalue weighted by atomic mass is 10.2. The molecule has 0 heterocycles. The summed E-state index contributed by atoms with van der Waals surface area (Å²) in [6.07, 6.45) is 3.26. The molecule has 0 fully saturated rings. The molecule has 5 heteroatoms. The maximum Gasteiger partial charge on any atom is 0.316 e. The standard InChI is InChI=1S/C17H17N3O2/c18-17(22)20-15-9-6-14(7-10-15)12-19-16(21)11-8-13-4-2-1-3-5-13/h1-11H,12H2,(H,19,21)(H3,18,20,22)/b11-8+. The Bertz CT molecular complexity index is 664. The Balaban J connectivity index is 1.83. The van der Waals surface area contributed by atoms with Crippen LogP contribution in [0.25, 0.3) is 6.08 Å². The first-order valence-corrected chi connectivity index (χ1v) is 6.80. The fraction of sp³-hybridized carbons (Fsp3) is 0.0588. The van der Waals surface area contributed by atoms with Crippen LogP contribution in [0.15, 0.2) is 60.7 Å². The Morgan fingerprint density at radius 2 is 1.68 bits per heavy atom. The van der Waals surface area contributed by atoms with E-state index in [2.05, 4.69) is 10.6 Å². The predicted octanol–water partition coefficient (Wildman–Crippen LogP) is 2.51. The minimum atomic E-state index is -0.605. The summed E-state index contributed by atoms with van der Waals surface area (Å²) in [5.41, 5.74) is 7.54. The fourth-order valence-electron chi connectivity index (χ4n) is 1.83. The molecule has 0 spiro atoms. The first-order valence-electron chi connectivity index (χ1n) is 6.80. The third-order valence-electron chi connectivity index (χ3n) is 2.91. The van der Waals surface area contributed by atoms with E-state index in [1.54, 1.807) is 18.2 Å². The number of anilines is 1. The molecule has 0 aliphatic rings. The molecule has 112 valence electrons. The molecule has 4 N–H and O–H groups in total. The third-order valence-corrected chi connectivity index (χ3v) is 2.91. The van der Waals surface area contributed by atoms with E-state index in [0.29, 0.717) is 12.2 Å². The number of primary amides is 1. The lowest BCUT2D eigenvalue weighted by Crippen LogP contribution is -2.20. The van der Waals surface area contributed by atoms with Gasteiger partial charge in [0, 0.05) is 18.3 Å². The first kappa shape index (κ1) is 15.3. The van der Waals surface area contributed by atoms with Gasteiger partial charge >= 0.3 is 6.03 Å². The van der Waals surface area contributed by atoms with Gasteiger partial charge in [0.15, 0.2) is 0 Å². The largest absolute Gasteiger partial charge is 0.351 e. The summed E-state index contributed by atoms with van der Waals surface area (Å²) in [5.74, 6) is -0.164. The lowest BCUT2D eigenvalue weighted by molar-refractivity contribution is -0.116. The highest BCUT2D eigenvalue weighted by Crippen LogP contribution is 2.09. The number of amides is 3. The first-order chi connectivity index (χ1) is 10.6. The maximum absolute atomic E-state index is 11.7. The molecule has 3 amide bonds. The van der Waals surface area contributed by atoms with E-state index >= 15 is 0 Å². The summed E-state index contributed by atoms with van der Waals surface area (Å²) in [6.45, 7) is 0.412. The summed E-state index contributed by atoms with van der Waals surface area (Å²) in [5, 5.41) is 5.27. The van der Waals surface area contributed by atoms with Crippen molar-refractivity contribution < 1.29 is 9.59 Å².